The molecule has 140 valence electrons. The van der Waals surface area contributed by atoms with Gasteiger partial charge in [0.05, 0.1) is 13.2 Å². The van der Waals surface area contributed by atoms with Crippen LogP contribution in [-0.4, -0.2) is 32.3 Å². The highest BCUT2D eigenvalue weighted by Crippen LogP contribution is 2.25. The number of carbonyl (C=O) groups is 1. The molecule has 1 N–H and O–H groups in total. The van der Waals surface area contributed by atoms with Crippen LogP contribution in [0.2, 0.25) is 0 Å². The van der Waals surface area contributed by atoms with E-state index in [0.29, 0.717) is 12.5 Å². The van der Waals surface area contributed by atoms with Crippen molar-refractivity contribution in [2.75, 3.05) is 20.3 Å². The van der Waals surface area contributed by atoms with E-state index in [4.69, 9.17) is 14.2 Å². The van der Waals surface area contributed by atoms with E-state index in [9.17, 15) is 4.79 Å². The second-order valence-electron chi connectivity index (χ2n) is 6.44. The third kappa shape index (κ3) is 5.99. The second kappa shape index (κ2) is 9.70. The largest absolute Gasteiger partial charge is 0.497 e. The van der Waals surface area contributed by atoms with Crippen LogP contribution in [0.25, 0.3) is 0 Å². The summed E-state index contributed by atoms with van der Waals surface area (Å²) in [6, 6.07) is 15.0. The molecule has 0 aliphatic carbocycles. The molecule has 2 aromatic rings. The molecule has 5 heteroatoms. The molecule has 2 aromatic carbocycles. The minimum Gasteiger partial charge on any atom is -0.497 e. The van der Waals surface area contributed by atoms with Crippen molar-refractivity contribution < 1.29 is 19.0 Å². The Morgan fingerprint density at radius 1 is 0.962 bits per heavy atom. The molecule has 0 unspecified atom stereocenters. The van der Waals surface area contributed by atoms with E-state index in [1.165, 1.54) is 0 Å². The molecule has 0 bridgehead atoms. The average molecular weight is 357 g/mol. The Hall–Kier alpha value is -2.69. The van der Waals surface area contributed by atoms with Crippen LogP contribution in [0.4, 0.5) is 0 Å². The molecule has 0 saturated heterocycles. The third-order valence-electron chi connectivity index (χ3n) is 3.87. The fourth-order valence-electron chi connectivity index (χ4n) is 2.48. The van der Waals surface area contributed by atoms with Crippen LogP contribution in [0.3, 0.4) is 0 Å². The molecule has 2 rings (SSSR count). The molecule has 26 heavy (non-hydrogen) atoms. The molecule has 1 amide bonds. The predicted octanol–water partition coefficient (Wildman–Crippen LogP) is 3.78. The van der Waals surface area contributed by atoms with Crippen molar-refractivity contribution >= 4 is 5.91 Å². The van der Waals surface area contributed by atoms with E-state index in [0.717, 1.165) is 22.8 Å². The summed E-state index contributed by atoms with van der Waals surface area (Å²) in [5.74, 6) is 2.42. The van der Waals surface area contributed by atoms with Crippen LogP contribution in [0.15, 0.2) is 48.5 Å². The van der Waals surface area contributed by atoms with Crippen molar-refractivity contribution in [3.05, 3.63) is 54.1 Å². The number of nitrogens with one attached hydrogen (secondary N) is 1. The molecule has 0 radical (unpaired) electrons. The standard InChI is InChI=1S/C21H27NO4/c1-15(2)19-7-5-6-8-20(19)26-14-21(23)22-16(3)13-25-18-11-9-17(24-4)10-12-18/h5-12,15-16H,13-14H2,1-4H3,(H,22,23)/t16-/m1/s1. The first-order chi connectivity index (χ1) is 12.5. The van der Waals surface area contributed by atoms with Crippen molar-refractivity contribution in [1.82, 2.24) is 5.32 Å². The highest BCUT2D eigenvalue weighted by atomic mass is 16.5. The van der Waals surface area contributed by atoms with Gasteiger partial charge in [-0.25, -0.2) is 0 Å². The minimum absolute atomic E-state index is 0.0173. The minimum atomic E-state index is -0.172. The van der Waals surface area contributed by atoms with Crippen LogP contribution < -0.4 is 19.5 Å². The third-order valence-corrected chi connectivity index (χ3v) is 3.87. The lowest BCUT2D eigenvalue weighted by molar-refractivity contribution is -0.123. The lowest BCUT2D eigenvalue weighted by Crippen LogP contribution is -2.39. The molecule has 0 fully saturated rings. The van der Waals surface area contributed by atoms with Gasteiger partial charge in [0.15, 0.2) is 6.61 Å². The molecule has 5 nitrogen and oxygen atoms in total. The van der Waals surface area contributed by atoms with Gasteiger partial charge in [0.2, 0.25) is 0 Å². The number of ether oxygens (including phenoxy) is 3. The van der Waals surface area contributed by atoms with E-state index in [-0.39, 0.29) is 18.6 Å². The fraction of sp³-hybridized carbons (Fsp3) is 0.381. The van der Waals surface area contributed by atoms with Crippen LogP contribution in [0.5, 0.6) is 17.2 Å². The van der Waals surface area contributed by atoms with Crippen LogP contribution >= 0.6 is 0 Å². The first-order valence-electron chi connectivity index (χ1n) is 8.77. The van der Waals surface area contributed by atoms with Gasteiger partial charge in [0.1, 0.15) is 23.9 Å². The topological polar surface area (TPSA) is 56.8 Å². The Morgan fingerprint density at radius 2 is 1.62 bits per heavy atom. The Bertz CT molecular complexity index is 697. The molecule has 0 aromatic heterocycles. The zero-order chi connectivity index (χ0) is 18.9. The summed E-state index contributed by atoms with van der Waals surface area (Å²) in [6.45, 7) is 6.45. The SMILES string of the molecule is COc1ccc(OC[C@@H](C)NC(=O)COc2ccccc2C(C)C)cc1. The molecular weight excluding hydrogens is 330 g/mol. The van der Waals surface area contributed by atoms with E-state index in [1.807, 2.05) is 55.5 Å². The maximum atomic E-state index is 12.1. The Morgan fingerprint density at radius 3 is 2.27 bits per heavy atom. The second-order valence-corrected chi connectivity index (χ2v) is 6.44. The number of hydrogen-bond acceptors (Lipinski definition) is 4. The highest BCUT2D eigenvalue weighted by Gasteiger charge is 2.11. The van der Waals surface area contributed by atoms with E-state index in [1.54, 1.807) is 7.11 Å². The Labute approximate surface area is 155 Å². The van der Waals surface area contributed by atoms with Crippen molar-refractivity contribution in [2.45, 2.75) is 32.7 Å². The number of para-hydroxylation sites is 1. The highest BCUT2D eigenvalue weighted by molar-refractivity contribution is 5.77. The molecule has 0 saturated carbocycles. The van der Waals surface area contributed by atoms with Crippen LogP contribution in [-0.2, 0) is 4.79 Å². The van der Waals surface area contributed by atoms with Crippen molar-refractivity contribution in [3.8, 4) is 17.2 Å². The molecular formula is C21H27NO4. The van der Waals surface area contributed by atoms with Gasteiger partial charge >= 0.3 is 0 Å². The van der Waals surface area contributed by atoms with Crippen molar-refractivity contribution in [3.63, 3.8) is 0 Å². The maximum absolute atomic E-state index is 12.1. The fourth-order valence-corrected chi connectivity index (χ4v) is 2.48. The Balaban J connectivity index is 1.76. The summed E-state index contributed by atoms with van der Waals surface area (Å²) in [4.78, 5) is 12.1. The lowest BCUT2D eigenvalue weighted by Gasteiger charge is -2.17. The number of carbonyl (C=O) groups excluding carboxylic acids is 1. The van der Waals surface area contributed by atoms with Gasteiger partial charge in [0.25, 0.3) is 5.91 Å². The van der Waals surface area contributed by atoms with E-state index in [2.05, 4.69) is 19.2 Å². The molecule has 0 aliphatic rings. The summed E-state index contributed by atoms with van der Waals surface area (Å²) in [6.07, 6.45) is 0. The number of amides is 1. The number of hydrogen-bond donors (Lipinski definition) is 1. The summed E-state index contributed by atoms with van der Waals surface area (Å²) < 4.78 is 16.5. The van der Waals surface area contributed by atoms with Gasteiger partial charge in [0, 0.05) is 0 Å². The van der Waals surface area contributed by atoms with Gasteiger partial charge < -0.3 is 19.5 Å². The van der Waals surface area contributed by atoms with E-state index >= 15 is 0 Å². The first-order valence-corrected chi connectivity index (χ1v) is 8.77. The van der Waals surface area contributed by atoms with Crippen molar-refractivity contribution in [2.24, 2.45) is 0 Å². The summed E-state index contributed by atoms with van der Waals surface area (Å²) in [5, 5.41) is 2.88. The summed E-state index contributed by atoms with van der Waals surface area (Å²) in [7, 11) is 1.62. The maximum Gasteiger partial charge on any atom is 0.258 e. The van der Waals surface area contributed by atoms with E-state index < -0.39 is 0 Å². The predicted molar refractivity (Wildman–Crippen MR) is 102 cm³/mol. The van der Waals surface area contributed by atoms with Crippen LogP contribution in [0.1, 0.15) is 32.3 Å². The van der Waals surface area contributed by atoms with Gasteiger partial charge in [-0.3, -0.25) is 4.79 Å². The molecule has 0 spiro atoms. The zero-order valence-corrected chi connectivity index (χ0v) is 15.8. The molecule has 0 heterocycles. The van der Waals surface area contributed by atoms with Crippen molar-refractivity contribution in [1.29, 1.82) is 0 Å². The monoisotopic (exact) mass is 357 g/mol. The number of rotatable bonds is 9. The van der Waals surface area contributed by atoms with Crippen LogP contribution in [0, 0.1) is 0 Å². The summed E-state index contributed by atoms with van der Waals surface area (Å²) in [5.41, 5.74) is 1.09. The molecule has 0 aliphatic heterocycles. The van der Waals surface area contributed by atoms with Gasteiger partial charge in [-0.2, -0.15) is 0 Å². The van der Waals surface area contributed by atoms with Gasteiger partial charge in [-0.1, -0.05) is 32.0 Å². The van der Waals surface area contributed by atoms with Gasteiger partial charge in [-0.15, -0.1) is 0 Å². The normalized spacial score (nSPS) is 11.7. The summed E-state index contributed by atoms with van der Waals surface area (Å²) >= 11 is 0. The molecule has 1 atom stereocenters. The lowest BCUT2D eigenvalue weighted by atomic mass is 10.0. The number of benzene rings is 2. The quantitative estimate of drug-likeness (QED) is 0.742. The number of methoxy groups -OCH3 is 1. The smallest absolute Gasteiger partial charge is 0.258 e. The Kier molecular flexibility index (Phi) is 7.33. The van der Waals surface area contributed by atoms with Gasteiger partial charge in [-0.05, 0) is 48.7 Å². The first kappa shape index (κ1) is 19.6. The zero-order valence-electron chi connectivity index (χ0n) is 15.8. The average Bonchev–Trinajstić information content (AvgIpc) is 2.65.